The molecule has 0 aromatic carbocycles. The summed E-state index contributed by atoms with van der Waals surface area (Å²) in [6.07, 6.45) is 5.34. The number of H-pyrrole nitrogens is 1. The van der Waals surface area contributed by atoms with E-state index >= 15 is 0 Å². The van der Waals surface area contributed by atoms with Gasteiger partial charge in [-0.1, -0.05) is 6.92 Å². The van der Waals surface area contributed by atoms with E-state index in [0.717, 1.165) is 46.2 Å². The molecule has 128 valence electrons. The van der Waals surface area contributed by atoms with Crippen LogP contribution in [0.15, 0.2) is 23.8 Å². The van der Waals surface area contributed by atoms with E-state index in [1.54, 1.807) is 11.3 Å². The monoisotopic (exact) mass is 353 g/mol. The van der Waals surface area contributed by atoms with E-state index in [4.69, 9.17) is 0 Å². The fraction of sp³-hybridized carbons (Fsp3) is 0.333. The van der Waals surface area contributed by atoms with Crippen LogP contribution in [0, 0.1) is 6.92 Å². The third-order valence-electron chi connectivity index (χ3n) is 4.43. The number of hydrogen-bond acceptors (Lipinski definition) is 5. The van der Waals surface area contributed by atoms with Gasteiger partial charge >= 0.3 is 0 Å². The Hall–Kier alpha value is -2.54. The van der Waals surface area contributed by atoms with E-state index in [0.29, 0.717) is 18.8 Å². The lowest BCUT2D eigenvalue weighted by atomic mass is 10.1. The van der Waals surface area contributed by atoms with Crippen LogP contribution in [-0.4, -0.2) is 37.3 Å². The lowest BCUT2D eigenvalue weighted by Crippen LogP contribution is -2.36. The minimum atomic E-state index is 0.000474. The lowest BCUT2D eigenvalue weighted by Gasteiger charge is -2.27. The molecule has 6 nitrogen and oxygen atoms in total. The molecule has 1 amide bonds. The molecular weight excluding hydrogens is 334 g/mol. The fourth-order valence-electron chi connectivity index (χ4n) is 3.02. The maximum atomic E-state index is 12.8. The Labute approximate surface area is 150 Å². The summed E-state index contributed by atoms with van der Waals surface area (Å²) in [6.45, 7) is 5.23. The molecule has 3 aromatic heterocycles. The van der Waals surface area contributed by atoms with Gasteiger partial charge in [0.2, 0.25) is 0 Å². The van der Waals surface area contributed by atoms with Crippen molar-refractivity contribution in [3.05, 3.63) is 51.6 Å². The summed E-state index contributed by atoms with van der Waals surface area (Å²) in [5, 5.41) is 3.02. The third-order valence-corrected chi connectivity index (χ3v) is 5.20. The number of amides is 1. The maximum absolute atomic E-state index is 12.8. The van der Waals surface area contributed by atoms with Gasteiger partial charge in [0.25, 0.3) is 5.91 Å². The highest BCUT2D eigenvalue weighted by Gasteiger charge is 2.24. The number of aryl methyl sites for hydroxylation is 2. The molecule has 0 atom stereocenters. The summed E-state index contributed by atoms with van der Waals surface area (Å²) in [7, 11) is 0. The van der Waals surface area contributed by atoms with Crippen molar-refractivity contribution in [2.75, 3.05) is 6.54 Å². The molecule has 25 heavy (non-hydrogen) atoms. The molecule has 0 aliphatic carbocycles. The first kappa shape index (κ1) is 16.0. The van der Waals surface area contributed by atoms with Crippen LogP contribution in [0.2, 0.25) is 0 Å². The average molecular weight is 353 g/mol. The molecule has 1 aliphatic heterocycles. The quantitative estimate of drug-likeness (QED) is 0.785. The highest BCUT2D eigenvalue weighted by molar-refractivity contribution is 7.09. The number of nitrogens with zero attached hydrogens (tertiary/aromatic N) is 4. The van der Waals surface area contributed by atoms with Crippen LogP contribution in [0.25, 0.3) is 11.3 Å². The van der Waals surface area contributed by atoms with Gasteiger partial charge in [0.1, 0.15) is 11.5 Å². The number of rotatable bonds is 3. The molecule has 3 aromatic rings. The molecule has 0 saturated carbocycles. The molecule has 7 heteroatoms. The number of thiazole rings is 1. The van der Waals surface area contributed by atoms with Crippen LogP contribution in [0.5, 0.6) is 0 Å². The maximum Gasteiger partial charge on any atom is 0.270 e. The molecule has 1 aliphatic rings. The molecular formula is C18H19N5OS. The summed E-state index contributed by atoms with van der Waals surface area (Å²) in [5.74, 6) is 0.828. The van der Waals surface area contributed by atoms with Crippen LogP contribution in [0.3, 0.4) is 0 Å². The van der Waals surface area contributed by atoms with Crippen molar-refractivity contribution in [3.63, 3.8) is 0 Å². The summed E-state index contributed by atoms with van der Waals surface area (Å²) >= 11 is 1.61. The van der Waals surface area contributed by atoms with Crippen molar-refractivity contribution in [1.29, 1.82) is 0 Å². The topological polar surface area (TPSA) is 74.8 Å². The number of aromatic nitrogens is 4. The number of aromatic amines is 1. The van der Waals surface area contributed by atoms with Gasteiger partial charge < -0.3 is 9.88 Å². The zero-order chi connectivity index (χ0) is 17.4. The molecule has 0 saturated heterocycles. The van der Waals surface area contributed by atoms with Crippen LogP contribution in [0.4, 0.5) is 0 Å². The van der Waals surface area contributed by atoms with Gasteiger partial charge in [-0.05, 0) is 25.0 Å². The first-order chi connectivity index (χ1) is 12.1. The molecule has 0 bridgehead atoms. The Morgan fingerprint density at radius 2 is 2.28 bits per heavy atom. The van der Waals surface area contributed by atoms with Crippen molar-refractivity contribution in [2.24, 2.45) is 0 Å². The van der Waals surface area contributed by atoms with Crippen LogP contribution in [0.1, 0.15) is 39.5 Å². The van der Waals surface area contributed by atoms with Crippen LogP contribution >= 0.6 is 11.3 Å². The van der Waals surface area contributed by atoms with Crippen molar-refractivity contribution in [3.8, 4) is 11.3 Å². The van der Waals surface area contributed by atoms with E-state index in [1.165, 1.54) is 0 Å². The van der Waals surface area contributed by atoms with Gasteiger partial charge in [0.05, 0.1) is 22.9 Å². The summed E-state index contributed by atoms with van der Waals surface area (Å²) in [5.41, 5.74) is 4.55. The standard InChI is InChI=1S/C18H19N5OS/c1-3-17-20-7-12-4-5-23(9-15(12)22-17)18(24)14-6-13(8-19-14)16-10-25-11(2)21-16/h6-8,10,19H,3-5,9H2,1-2H3. The Morgan fingerprint density at radius 3 is 3.04 bits per heavy atom. The normalized spacial score (nSPS) is 13.8. The van der Waals surface area contributed by atoms with Crippen molar-refractivity contribution in [1.82, 2.24) is 24.8 Å². The Balaban J connectivity index is 1.54. The van der Waals surface area contributed by atoms with E-state index < -0.39 is 0 Å². The number of carbonyl (C=O) groups is 1. The van der Waals surface area contributed by atoms with Crippen LogP contribution in [-0.2, 0) is 19.4 Å². The molecule has 4 rings (SSSR count). The van der Waals surface area contributed by atoms with Crippen molar-refractivity contribution >= 4 is 17.2 Å². The van der Waals surface area contributed by atoms with E-state index in [-0.39, 0.29) is 5.91 Å². The minimum absolute atomic E-state index is 0.000474. The molecule has 0 radical (unpaired) electrons. The highest BCUT2D eigenvalue weighted by atomic mass is 32.1. The molecule has 0 fully saturated rings. The lowest BCUT2D eigenvalue weighted by molar-refractivity contribution is 0.0726. The number of hydrogen-bond donors (Lipinski definition) is 1. The first-order valence-electron chi connectivity index (χ1n) is 8.38. The molecule has 0 spiro atoms. The van der Waals surface area contributed by atoms with Gasteiger partial charge in [0, 0.05) is 36.3 Å². The summed E-state index contributed by atoms with van der Waals surface area (Å²) in [4.78, 5) is 31.2. The summed E-state index contributed by atoms with van der Waals surface area (Å²) < 4.78 is 0. The van der Waals surface area contributed by atoms with Gasteiger partial charge in [-0.3, -0.25) is 4.79 Å². The van der Waals surface area contributed by atoms with Gasteiger partial charge in [0.15, 0.2) is 0 Å². The van der Waals surface area contributed by atoms with E-state index in [9.17, 15) is 4.79 Å². The second-order valence-electron chi connectivity index (χ2n) is 6.14. The van der Waals surface area contributed by atoms with Crippen molar-refractivity contribution < 1.29 is 4.79 Å². The second-order valence-corrected chi connectivity index (χ2v) is 7.20. The zero-order valence-corrected chi connectivity index (χ0v) is 15.1. The zero-order valence-electron chi connectivity index (χ0n) is 14.2. The molecule has 4 heterocycles. The minimum Gasteiger partial charge on any atom is -0.357 e. The predicted octanol–water partition coefficient (Wildman–Crippen LogP) is 3.00. The van der Waals surface area contributed by atoms with E-state index in [1.807, 2.05) is 42.6 Å². The first-order valence-corrected chi connectivity index (χ1v) is 9.26. The largest absolute Gasteiger partial charge is 0.357 e. The fourth-order valence-corrected chi connectivity index (χ4v) is 3.64. The molecule has 0 unspecified atom stereocenters. The highest BCUT2D eigenvalue weighted by Crippen LogP contribution is 2.24. The smallest absolute Gasteiger partial charge is 0.270 e. The van der Waals surface area contributed by atoms with Gasteiger partial charge in [-0.2, -0.15) is 0 Å². The second kappa shape index (κ2) is 6.40. The van der Waals surface area contributed by atoms with E-state index in [2.05, 4.69) is 19.9 Å². The summed E-state index contributed by atoms with van der Waals surface area (Å²) in [6, 6.07) is 1.88. The number of fused-ring (bicyclic) bond motifs is 1. The SMILES string of the molecule is CCc1ncc2c(n1)CN(C(=O)c1cc(-c3csc(C)n3)c[nH]1)CC2. The molecule has 1 N–H and O–H groups in total. The predicted molar refractivity (Wildman–Crippen MR) is 96.5 cm³/mol. The van der Waals surface area contributed by atoms with Crippen molar-refractivity contribution in [2.45, 2.75) is 33.2 Å². The number of nitrogens with one attached hydrogen (secondary N) is 1. The Bertz CT molecular complexity index is 929. The third kappa shape index (κ3) is 3.07. The number of carbonyl (C=O) groups excluding carboxylic acids is 1. The van der Waals surface area contributed by atoms with Crippen LogP contribution < -0.4 is 0 Å². The van der Waals surface area contributed by atoms with Gasteiger partial charge in [-0.15, -0.1) is 11.3 Å². The van der Waals surface area contributed by atoms with Gasteiger partial charge in [-0.25, -0.2) is 15.0 Å². The average Bonchev–Trinajstić information content (AvgIpc) is 3.29. The Kier molecular flexibility index (Phi) is 4.09. The Morgan fingerprint density at radius 1 is 1.40 bits per heavy atom.